The van der Waals surface area contributed by atoms with E-state index in [0.29, 0.717) is 18.6 Å². The third-order valence-corrected chi connectivity index (χ3v) is 3.49. The molecule has 0 spiro atoms. The SMILES string of the molecule is CC1CCCC1N(CCC(=O)O)C(C)C. The normalized spacial score (nSPS) is 26.5. The van der Waals surface area contributed by atoms with E-state index < -0.39 is 5.97 Å². The van der Waals surface area contributed by atoms with Crippen LogP contribution in [0.25, 0.3) is 0 Å². The molecule has 1 fully saturated rings. The van der Waals surface area contributed by atoms with Crippen LogP contribution < -0.4 is 0 Å². The van der Waals surface area contributed by atoms with Crippen LogP contribution in [0.2, 0.25) is 0 Å². The van der Waals surface area contributed by atoms with Gasteiger partial charge >= 0.3 is 5.97 Å². The highest BCUT2D eigenvalue weighted by molar-refractivity contribution is 5.66. The van der Waals surface area contributed by atoms with Crippen molar-refractivity contribution < 1.29 is 9.90 Å². The Bertz CT molecular complexity index is 216. The minimum atomic E-state index is -0.689. The topological polar surface area (TPSA) is 40.5 Å². The van der Waals surface area contributed by atoms with Gasteiger partial charge in [-0.15, -0.1) is 0 Å². The molecule has 0 aromatic heterocycles. The van der Waals surface area contributed by atoms with E-state index in [1.807, 2.05) is 0 Å². The van der Waals surface area contributed by atoms with Gasteiger partial charge in [0.05, 0.1) is 6.42 Å². The number of nitrogens with zero attached hydrogens (tertiary/aromatic N) is 1. The smallest absolute Gasteiger partial charge is 0.304 e. The fraction of sp³-hybridized carbons (Fsp3) is 0.917. The Balaban J connectivity index is 2.52. The second kappa shape index (κ2) is 5.50. The molecule has 2 atom stereocenters. The molecule has 0 aromatic rings. The van der Waals surface area contributed by atoms with Crippen molar-refractivity contribution in [1.82, 2.24) is 4.90 Å². The van der Waals surface area contributed by atoms with Crippen LogP contribution in [-0.4, -0.2) is 34.6 Å². The zero-order chi connectivity index (χ0) is 11.4. The van der Waals surface area contributed by atoms with Gasteiger partial charge < -0.3 is 5.11 Å². The summed E-state index contributed by atoms with van der Waals surface area (Å²) in [5, 5.41) is 8.73. The molecule has 88 valence electrons. The highest BCUT2D eigenvalue weighted by Gasteiger charge is 2.30. The number of hydrogen-bond acceptors (Lipinski definition) is 2. The van der Waals surface area contributed by atoms with E-state index in [-0.39, 0.29) is 6.42 Å². The fourth-order valence-electron chi connectivity index (χ4n) is 2.65. The summed E-state index contributed by atoms with van der Waals surface area (Å²) in [6, 6.07) is 1.05. The van der Waals surface area contributed by atoms with Crippen LogP contribution in [0.4, 0.5) is 0 Å². The minimum Gasteiger partial charge on any atom is -0.481 e. The molecule has 1 saturated carbocycles. The van der Waals surface area contributed by atoms with Crippen LogP contribution in [0, 0.1) is 5.92 Å². The van der Waals surface area contributed by atoms with Gasteiger partial charge in [-0.25, -0.2) is 0 Å². The average molecular weight is 213 g/mol. The Morgan fingerprint density at radius 1 is 1.47 bits per heavy atom. The second-order valence-electron chi connectivity index (χ2n) is 4.95. The van der Waals surface area contributed by atoms with Crippen molar-refractivity contribution in [2.75, 3.05) is 6.54 Å². The summed E-state index contributed by atoms with van der Waals surface area (Å²) in [5.41, 5.74) is 0. The number of carboxylic acid groups (broad SMARTS) is 1. The van der Waals surface area contributed by atoms with Gasteiger partial charge in [-0.1, -0.05) is 13.3 Å². The number of rotatable bonds is 5. The van der Waals surface area contributed by atoms with Gasteiger partial charge in [0.1, 0.15) is 0 Å². The van der Waals surface area contributed by atoms with Crippen LogP contribution in [0.1, 0.15) is 46.5 Å². The van der Waals surface area contributed by atoms with E-state index in [2.05, 4.69) is 25.7 Å². The van der Waals surface area contributed by atoms with Crippen molar-refractivity contribution in [2.45, 2.75) is 58.5 Å². The molecule has 1 N–H and O–H groups in total. The van der Waals surface area contributed by atoms with Crippen molar-refractivity contribution in [3.63, 3.8) is 0 Å². The lowest BCUT2D eigenvalue weighted by Crippen LogP contribution is -2.43. The Kier molecular flexibility index (Phi) is 4.58. The summed E-state index contributed by atoms with van der Waals surface area (Å²) < 4.78 is 0. The van der Waals surface area contributed by atoms with E-state index in [0.717, 1.165) is 5.92 Å². The van der Waals surface area contributed by atoms with Crippen LogP contribution in [0.5, 0.6) is 0 Å². The Labute approximate surface area is 92.5 Å². The molecule has 0 aliphatic heterocycles. The van der Waals surface area contributed by atoms with E-state index in [9.17, 15) is 4.79 Å². The lowest BCUT2D eigenvalue weighted by atomic mass is 10.0. The Hall–Kier alpha value is -0.570. The molecule has 0 aromatic carbocycles. The molecule has 0 saturated heterocycles. The first-order chi connectivity index (χ1) is 7.02. The second-order valence-corrected chi connectivity index (χ2v) is 4.95. The predicted octanol–water partition coefficient (Wildman–Crippen LogP) is 2.36. The number of aliphatic carboxylic acids is 1. The molecule has 1 aliphatic rings. The third-order valence-electron chi connectivity index (χ3n) is 3.49. The highest BCUT2D eigenvalue weighted by Crippen LogP contribution is 2.30. The Morgan fingerprint density at radius 3 is 2.53 bits per heavy atom. The van der Waals surface area contributed by atoms with Crippen LogP contribution in [0.3, 0.4) is 0 Å². The van der Waals surface area contributed by atoms with E-state index >= 15 is 0 Å². The van der Waals surface area contributed by atoms with E-state index in [1.54, 1.807) is 0 Å². The first kappa shape index (κ1) is 12.5. The van der Waals surface area contributed by atoms with Gasteiger partial charge in [-0.05, 0) is 32.6 Å². The van der Waals surface area contributed by atoms with Gasteiger partial charge in [0.15, 0.2) is 0 Å². The molecule has 0 heterocycles. The summed E-state index contributed by atoms with van der Waals surface area (Å²) in [6.45, 7) is 7.30. The molecule has 0 amide bonds. The van der Waals surface area contributed by atoms with Gasteiger partial charge in [0, 0.05) is 18.6 Å². The zero-order valence-corrected chi connectivity index (χ0v) is 10.1. The van der Waals surface area contributed by atoms with Crippen LogP contribution >= 0.6 is 0 Å². The summed E-state index contributed by atoms with van der Waals surface area (Å²) in [6.07, 6.45) is 4.09. The van der Waals surface area contributed by atoms with Gasteiger partial charge in [0.2, 0.25) is 0 Å². The van der Waals surface area contributed by atoms with Crippen molar-refractivity contribution in [1.29, 1.82) is 0 Å². The molecule has 3 nitrogen and oxygen atoms in total. The van der Waals surface area contributed by atoms with Crippen LogP contribution in [0.15, 0.2) is 0 Å². The average Bonchev–Trinajstić information content (AvgIpc) is 2.51. The number of carbonyl (C=O) groups is 1. The van der Waals surface area contributed by atoms with Crippen LogP contribution in [-0.2, 0) is 4.79 Å². The fourth-order valence-corrected chi connectivity index (χ4v) is 2.65. The molecule has 0 bridgehead atoms. The van der Waals surface area contributed by atoms with Gasteiger partial charge in [-0.3, -0.25) is 9.69 Å². The monoisotopic (exact) mass is 213 g/mol. The van der Waals surface area contributed by atoms with E-state index in [4.69, 9.17) is 5.11 Å². The van der Waals surface area contributed by atoms with Crippen molar-refractivity contribution in [3.05, 3.63) is 0 Å². The molecular weight excluding hydrogens is 190 g/mol. The largest absolute Gasteiger partial charge is 0.481 e. The minimum absolute atomic E-state index is 0.265. The first-order valence-corrected chi connectivity index (χ1v) is 6.00. The lowest BCUT2D eigenvalue weighted by Gasteiger charge is -2.34. The summed E-state index contributed by atoms with van der Waals surface area (Å²) in [5.74, 6) is 0.0347. The van der Waals surface area contributed by atoms with Gasteiger partial charge in [0.25, 0.3) is 0 Å². The molecule has 3 heteroatoms. The first-order valence-electron chi connectivity index (χ1n) is 6.00. The number of hydrogen-bond donors (Lipinski definition) is 1. The molecule has 1 rings (SSSR count). The maximum absolute atomic E-state index is 10.6. The summed E-state index contributed by atoms with van der Waals surface area (Å²) in [7, 11) is 0. The summed E-state index contributed by atoms with van der Waals surface area (Å²) in [4.78, 5) is 13.0. The predicted molar refractivity (Wildman–Crippen MR) is 60.9 cm³/mol. The van der Waals surface area contributed by atoms with Crippen molar-refractivity contribution in [3.8, 4) is 0 Å². The maximum Gasteiger partial charge on any atom is 0.304 e. The van der Waals surface area contributed by atoms with Crippen molar-refractivity contribution >= 4 is 5.97 Å². The van der Waals surface area contributed by atoms with E-state index in [1.165, 1.54) is 19.3 Å². The summed E-state index contributed by atoms with van der Waals surface area (Å²) >= 11 is 0. The Morgan fingerprint density at radius 2 is 2.13 bits per heavy atom. The van der Waals surface area contributed by atoms with Crippen molar-refractivity contribution in [2.24, 2.45) is 5.92 Å². The molecule has 2 unspecified atom stereocenters. The zero-order valence-electron chi connectivity index (χ0n) is 10.1. The molecule has 0 radical (unpaired) electrons. The highest BCUT2D eigenvalue weighted by atomic mass is 16.4. The number of carboxylic acids is 1. The standard InChI is InChI=1S/C12H23NO2/c1-9(2)13(8-7-12(14)15)11-6-4-5-10(11)3/h9-11H,4-8H2,1-3H3,(H,14,15). The molecule has 15 heavy (non-hydrogen) atoms. The third kappa shape index (κ3) is 3.49. The molecule has 1 aliphatic carbocycles. The maximum atomic E-state index is 10.6. The molecular formula is C12H23NO2. The van der Waals surface area contributed by atoms with Gasteiger partial charge in [-0.2, -0.15) is 0 Å². The lowest BCUT2D eigenvalue weighted by molar-refractivity contribution is -0.137. The quantitative estimate of drug-likeness (QED) is 0.762.